The molecule has 2 atom stereocenters. The Hall–Kier alpha value is -2.33. The largest absolute Gasteiger partial charge is 0.445 e. The van der Waals surface area contributed by atoms with Gasteiger partial charge < -0.3 is 14.8 Å². The molecule has 1 N–H and O–H groups in total. The Bertz CT molecular complexity index is 574. The van der Waals surface area contributed by atoms with E-state index in [9.17, 15) is 4.79 Å². The zero-order valence-electron chi connectivity index (χ0n) is 13.4. The van der Waals surface area contributed by atoms with Crippen molar-refractivity contribution in [2.24, 2.45) is 0 Å². The number of alkyl carbamates (subject to hydrolysis) is 1. The first kappa shape index (κ1) is 17.0. The van der Waals surface area contributed by atoms with Gasteiger partial charge in [0.25, 0.3) is 0 Å². The zero-order valence-corrected chi connectivity index (χ0v) is 13.4. The summed E-state index contributed by atoms with van der Waals surface area (Å²) in [7, 11) is 0. The van der Waals surface area contributed by atoms with Gasteiger partial charge in [0, 0.05) is 0 Å². The van der Waals surface area contributed by atoms with Gasteiger partial charge in [-0.1, -0.05) is 61.2 Å². The number of ether oxygens (including phenoxy) is 2. The molecule has 1 fully saturated rings. The van der Waals surface area contributed by atoms with Crippen molar-refractivity contribution in [3.05, 3.63) is 72.4 Å². The standard InChI is InChI=1S/C19H23NO3/c1-3-8-15(9-4-2)12-17(18-14-22-18)20-19(21)23-13-16-10-6-5-7-11-16/h3-11,17-18H,1,12-14H2,2H3,(H,20,21)/b9-4-,15-8+. The lowest BCUT2D eigenvalue weighted by Crippen LogP contribution is -2.39. The Morgan fingerprint density at radius 1 is 1.48 bits per heavy atom. The number of allylic oxidation sites excluding steroid dienone is 4. The average molecular weight is 313 g/mol. The van der Waals surface area contributed by atoms with Gasteiger partial charge in [0.15, 0.2) is 0 Å². The molecule has 0 saturated carbocycles. The molecule has 1 heterocycles. The quantitative estimate of drug-likeness (QED) is 0.587. The van der Waals surface area contributed by atoms with Crippen molar-refractivity contribution >= 4 is 6.09 Å². The minimum atomic E-state index is -0.423. The summed E-state index contributed by atoms with van der Waals surface area (Å²) in [5, 5.41) is 2.90. The molecule has 1 aliphatic heterocycles. The molecule has 122 valence electrons. The van der Waals surface area contributed by atoms with Crippen molar-refractivity contribution in [3.63, 3.8) is 0 Å². The summed E-state index contributed by atoms with van der Waals surface area (Å²) in [4.78, 5) is 12.0. The van der Waals surface area contributed by atoms with E-state index in [-0.39, 0.29) is 18.8 Å². The fraction of sp³-hybridized carbons (Fsp3) is 0.316. The topological polar surface area (TPSA) is 50.9 Å². The van der Waals surface area contributed by atoms with E-state index < -0.39 is 6.09 Å². The second-order valence-electron chi connectivity index (χ2n) is 5.37. The van der Waals surface area contributed by atoms with Crippen LogP contribution in [0, 0.1) is 0 Å². The molecule has 1 saturated heterocycles. The minimum absolute atomic E-state index is 0.0535. The van der Waals surface area contributed by atoms with E-state index in [2.05, 4.69) is 11.9 Å². The molecule has 0 radical (unpaired) electrons. The lowest BCUT2D eigenvalue weighted by Gasteiger charge is -2.17. The highest BCUT2D eigenvalue weighted by atomic mass is 16.6. The van der Waals surface area contributed by atoms with E-state index in [1.165, 1.54) is 0 Å². The summed E-state index contributed by atoms with van der Waals surface area (Å²) in [5.41, 5.74) is 2.05. The molecular formula is C19H23NO3. The van der Waals surface area contributed by atoms with Gasteiger partial charge in [0.2, 0.25) is 0 Å². The molecule has 0 aliphatic carbocycles. The van der Waals surface area contributed by atoms with E-state index in [4.69, 9.17) is 9.47 Å². The molecule has 1 amide bonds. The minimum Gasteiger partial charge on any atom is -0.445 e. The van der Waals surface area contributed by atoms with Crippen molar-refractivity contribution in [1.29, 1.82) is 0 Å². The SMILES string of the molecule is C=C/C=C(\C=C/C)CC(NC(=O)OCc1ccccc1)C1CO1. The highest BCUT2D eigenvalue weighted by Crippen LogP contribution is 2.21. The average Bonchev–Trinajstić information content (AvgIpc) is 3.39. The van der Waals surface area contributed by atoms with Crippen LogP contribution in [0.4, 0.5) is 4.79 Å². The first-order chi connectivity index (χ1) is 11.2. The molecule has 1 aromatic carbocycles. The van der Waals surface area contributed by atoms with E-state index >= 15 is 0 Å². The van der Waals surface area contributed by atoms with Crippen LogP contribution in [-0.2, 0) is 16.1 Å². The summed E-state index contributed by atoms with van der Waals surface area (Å²) in [6, 6.07) is 9.51. The van der Waals surface area contributed by atoms with Crippen LogP contribution in [0.1, 0.15) is 18.9 Å². The van der Waals surface area contributed by atoms with Crippen LogP contribution in [0.3, 0.4) is 0 Å². The summed E-state index contributed by atoms with van der Waals surface area (Å²) >= 11 is 0. The maximum atomic E-state index is 12.0. The summed E-state index contributed by atoms with van der Waals surface area (Å²) in [6.07, 6.45) is 7.97. The van der Waals surface area contributed by atoms with Crippen molar-refractivity contribution in [2.45, 2.75) is 32.1 Å². The second-order valence-corrected chi connectivity index (χ2v) is 5.37. The maximum absolute atomic E-state index is 12.0. The molecule has 1 aliphatic rings. The Kier molecular flexibility index (Phi) is 6.63. The van der Waals surface area contributed by atoms with Crippen molar-refractivity contribution in [1.82, 2.24) is 5.32 Å². The lowest BCUT2D eigenvalue weighted by atomic mass is 10.0. The van der Waals surface area contributed by atoms with Gasteiger partial charge >= 0.3 is 6.09 Å². The van der Waals surface area contributed by atoms with Crippen molar-refractivity contribution < 1.29 is 14.3 Å². The summed E-state index contributed by atoms with van der Waals surface area (Å²) in [6.45, 7) is 6.61. The van der Waals surface area contributed by atoms with Gasteiger partial charge in [-0.05, 0) is 24.5 Å². The fourth-order valence-electron chi connectivity index (χ4n) is 2.29. The molecule has 0 aromatic heterocycles. The first-order valence-electron chi connectivity index (χ1n) is 7.76. The number of amides is 1. The highest BCUT2D eigenvalue weighted by Gasteiger charge is 2.34. The number of carbonyl (C=O) groups excluding carboxylic acids is 1. The van der Waals surface area contributed by atoms with Crippen LogP contribution in [0.2, 0.25) is 0 Å². The second kappa shape index (κ2) is 8.96. The number of epoxide rings is 1. The number of benzene rings is 1. The van der Waals surface area contributed by atoms with Gasteiger partial charge in [0.05, 0.1) is 12.6 Å². The fourth-order valence-corrected chi connectivity index (χ4v) is 2.29. The van der Waals surface area contributed by atoms with Gasteiger partial charge in [-0.25, -0.2) is 4.79 Å². The Balaban J connectivity index is 1.87. The van der Waals surface area contributed by atoms with Crippen LogP contribution in [0.25, 0.3) is 0 Å². The Morgan fingerprint density at radius 2 is 2.22 bits per heavy atom. The van der Waals surface area contributed by atoms with E-state index in [0.29, 0.717) is 13.0 Å². The molecule has 0 spiro atoms. The van der Waals surface area contributed by atoms with Gasteiger partial charge in [-0.15, -0.1) is 0 Å². The van der Waals surface area contributed by atoms with Crippen LogP contribution in [0.5, 0.6) is 0 Å². The molecule has 0 bridgehead atoms. The first-order valence-corrected chi connectivity index (χ1v) is 7.76. The monoisotopic (exact) mass is 313 g/mol. The van der Waals surface area contributed by atoms with Crippen LogP contribution in [-0.4, -0.2) is 24.8 Å². The molecule has 4 nitrogen and oxygen atoms in total. The number of hydrogen-bond donors (Lipinski definition) is 1. The maximum Gasteiger partial charge on any atom is 0.407 e. The molecule has 4 heteroatoms. The van der Waals surface area contributed by atoms with Gasteiger partial charge in [-0.2, -0.15) is 0 Å². The van der Waals surface area contributed by atoms with E-state index in [1.54, 1.807) is 6.08 Å². The molecule has 2 rings (SSSR count). The van der Waals surface area contributed by atoms with E-state index in [0.717, 1.165) is 11.1 Å². The number of nitrogens with one attached hydrogen (secondary N) is 1. The molecule has 1 aromatic rings. The Labute approximate surface area is 137 Å². The number of hydrogen-bond acceptors (Lipinski definition) is 3. The normalized spacial score (nSPS) is 18.5. The highest BCUT2D eigenvalue weighted by molar-refractivity contribution is 5.67. The molecular weight excluding hydrogens is 290 g/mol. The molecule has 2 unspecified atom stereocenters. The third-order valence-electron chi connectivity index (χ3n) is 3.49. The number of rotatable bonds is 8. The predicted octanol–water partition coefficient (Wildman–Crippen LogP) is 3.76. The summed E-state index contributed by atoms with van der Waals surface area (Å²) < 4.78 is 10.6. The van der Waals surface area contributed by atoms with Gasteiger partial charge in [0.1, 0.15) is 12.7 Å². The van der Waals surface area contributed by atoms with Crippen LogP contribution >= 0.6 is 0 Å². The van der Waals surface area contributed by atoms with Crippen LogP contribution in [0.15, 0.2) is 66.8 Å². The predicted molar refractivity (Wildman–Crippen MR) is 91.0 cm³/mol. The van der Waals surface area contributed by atoms with Gasteiger partial charge in [-0.3, -0.25) is 0 Å². The molecule has 23 heavy (non-hydrogen) atoms. The summed E-state index contributed by atoms with van der Waals surface area (Å²) in [5.74, 6) is 0. The third kappa shape index (κ3) is 6.12. The lowest BCUT2D eigenvalue weighted by molar-refractivity contribution is 0.133. The third-order valence-corrected chi connectivity index (χ3v) is 3.49. The van der Waals surface area contributed by atoms with Crippen LogP contribution < -0.4 is 5.32 Å². The van der Waals surface area contributed by atoms with Crippen molar-refractivity contribution in [3.8, 4) is 0 Å². The smallest absolute Gasteiger partial charge is 0.407 e. The zero-order chi connectivity index (χ0) is 16.5. The Morgan fingerprint density at radius 3 is 2.83 bits per heavy atom. The van der Waals surface area contributed by atoms with E-state index in [1.807, 2.05) is 55.5 Å². The van der Waals surface area contributed by atoms with Crippen molar-refractivity contribution in [2.75, 3.05) is 6.61 Å². The number of carbonyl (C=O) groups is 1.